The van der Waals surface area contributed by atoms with Gasteiger partial charge in [-0.3, -0.25) is 9.59 Å². The van der Waals surface area contributed by atoms with Gasteiger partial charge in [-0.05, 0) is 24.5 Å². The molecule has 0 fully saturated rings. The molecule has 0 spiro atoms. The molecule has 2 amide bonds. The van der Waals surface area contributed by atoms with Gasteiger partial charge in [0.2, 0.25) is 5.91 Å². The monoisotopic (exact) mass is 300 g/mol. The Labute approximate surface area is 128 Å². The van der Waals surface area contributed by atoms with Crippen LogP contribution in [-0.4, -0.2) is 29.4 Å². The highest BCUT2D eigenvalue weighted by molar-refractivity contribution is 5.98. The maximum atomic E-state index is 11.9. The second-order valence-corrected chi connectivity index (χ2v) is 5.16. The molecule has 0 saturated heterocycles. The van der Waals surface area contributed by atoms with E-state index >= 15 is 0 Å². The van der Waals surface area contributed by atoms with Crippen molar-refractivity contribution in [2.75, 3.05) is 6.54 Å². The fraction of sp³-hybridized carbons (Fsp3) is 0.250. The number of amides is 2. The molecule has 2 aromatic rings. The van der Waals surface area contributed by atoms with Crippen LogP contribution in [0.3, 0.4) is 0 Å². The first-order valence-electron chi connectivity index (χ1n) is 7.12. The Morgan fingerprint density at radius 2 is 1.95 bits per heavy atom. The quantitative estimate of drug-likeness (QED) is 0.606. The number of nitrogens with one attached hydrogen (secondary N) is 2. The largest absolute Gasteiger partial charge is 0.366 e. The van der Waals surface area contributed by atoms with E-state index in [0.29, 0.717) is 18.7 Å². The number of nitrogens with two attached hydrogens (primary N) is 2. The minimum atomic E-state index is -0.569. The normalized spacial score (nSPS) is 11.9. The van der Waals surface area contributed by atoms with Crippen LogP contribution in [-0.2, 0) is 6.42 Å². The zero-order valence-electron chi connectivity index (χ0n) is 12.2. The molecule has 1 heterocycles. The van der Waals surface area contributed by atoms with Crippen LogP contribution in [0.1, 0.15) is 32.8 Å². The number of hydrogen-bond acceptors (Lipinski definition) is 3. The molecule has 6 N–H and O–H groups in total. The van der Waals surface area contributed by atoms with Crippen LogP contribution in [0.2, 0.25) is 0 Å². The summed E-state index contributed by atoms with van der Waals surface area (Å²) in [6.45, 7) is 0.470. The Hall–Kier alpha value is -2.60. The van der Waals surface area contributed by atoms with Crippen LogP contribution >= 0.6 is 0 Å². The van der Waals surface area contributed by atoms with E-state index in [9.17, 15) is 9.59 Å². The Balaban J connectivity index is 1.75. The minimum Gasteiger partial charge on any atom is -0.366 e. The number of primary amides is 1. The third-order valence-corrected chi connectivity index (χ3v) is 3.35. The molecule has 0 radical (unpaired) electrons. The molecular weight excluding hydrogens is 280 g/mol. The Morgan fingerprint density at radius 3 is 2.59 bits per heavy atom. The second-order valence-electron chi connectivity index (χ2n) is 5.16. The maximum Gasteiger partial charge on any atom is 0.267 e. The molecule has 2 rings (SSSR count). The van der Waals surface area contributed by atoms with Crippen molar-refractivity contribution in [1.29, 1.82) is 0 Å². The summed E-state index contributed by atoms with van der Waals surface area (Å²) in [6, 6.07) is 11.4. The first-order chi connectivity index (χ1) is 10.6. The lowest BCUT2D eigenvalue weighted by molar-refractivity contribution is 0.0948. The van der Waals surface area contributed by atoms with Gasteiger partial charge in [-0.1, -0.05) is 30.3 Å². The Kier molecular flexibility index (Phi) is 5.32. The summed E-state index contributed by atoms with van der Waals surface area (Å²) in [6.07, 6.45) is 2.85. The third-order valence-electron chi connectivity index (χ3n) is 3.35. The molecule has 0 bridgehead atoms. The highest BCUT2D eigenvalue weighted by Crippen LogP contribution is 2.05. The fourth-order valence-corrected chi connectivity index (χ4v) is 2.15. The number of aromatic amines is 1. The van der Waals surface area contributed by atoms with E-state index in [0.717, 1.165) is 6.42 Å². The highest BCUT2D eigenvalue weighted by Gasteiger charge is 2.11. The molecule has 6 heteroatoms. The topological polar surface area (TPSA) is 114 Å². The summed E-state index contributed by atoms with van der Waals surface area (Å²) in [5, 5.41) is 2.77. The van der Waals surface area contributed by atoms with Crippen LogP contribution in [0.15, 0.2) is 42.6 Å². The van der Waals surface area contributed by atoms with Gasteiger partial charge in [-0.25, -0.2) is 0 Å². The average Bonchev–Trinajstić information content (AvgIpc) is 2.98. The predicted molar refractivity (Wildman–Crippen MR) is 84.4 cm³/mol. The predicted octanol–water partition coefficient (Wildman–Crippen LogP) is 0.804. The van der Waals surface area contributed by atoms with E-state index < -0.39 is 5.91 Å². The molecule has 0 aliphatic rings. The van der Waals surface area contributed by atoms with E-state index in [1.165, 1.54) is 17.8 Å². The molecule has 0 aliphatic heterocycles. The van der Waals surface area contributed by atoms with Crippen molar-refractivity contribution in [3.8, 4) is 0 Å². The average molecular weight is 300 g/mol. The van der Waals surface area contributed by atoms with Crippen molar-refractivity contribution in [2.45, 2.75) is 18.9 Å². The minimum absolute atomic E-state index is 0.0208. The number of rotatable bonds is 7. The van der Waals surface area contributed by atoms with Gasteiger partial charge in [0.05, 0.1) is 5.56 Å². The standard InChI is InChI=1S/C16H20N4O2/c17-13(8-11-4-2-1-3-5-11)6-7-19-16(22)14-9-12(10-20-14)15(18)21/h1-5,9-10,13,20H,6-8,17H2,(H2,18,21)(H,19,22). The lowest BCUT2D eigenvalue weighted by atomic mass is 10.0. The van der Waals surface area contributed by atoms with Crippen molar-refractivity contribution >= 4 is 11.8 Å². The van der Waals surface area contributed by atoms with Crippen LogP contribution < -0.4 is 16.8 Å². The zero-order chi connectivity index (χ0) is 15.9. The lowest BCUT2D eigenvalue weighted by Crippen LogP contribution is -2.31. The summed E-state index contributed by atoms with van der Waals surface area (Å²) in [5.41, 5.74) is 13.0. The Bertz CT molecular complexity index is 637. The van der Waals surface area contributed by atoms with E-state index in [2.05, 4.69) is 10.3 Å². The molecule has 1 unspecified atom stereocenters. The molecule has 0 aliphatic carbocycles. The SMILES string of the molecule is NC(=O)c1c[nH]c(C(=O)NCCC(N)Cc2ccccc2)c1. The summed E-state index contributed by atoms with van der Waals surface area (Å²) in [4.78, 5) is 25.6. The number of benzene rings is 1. The molecule has 22 heavy (non-hydrogen) atoms. The van der Waals surface area contributed by atoms with E-state index in [1.54, 1.807) is 0 Å². The maximum absolute atomic E-state index is 11.9. The molecule has 6 nitrogen and oxygen atoms in total. The molecule has 116 valence electrons. The first kappa shape index (κ1) is 15.8. The number of aromatic nitrogens is 1. The van der Waals surface area contributed by atoms with E-state index in [1.807, 2.05) is 30.3 Å². The number of carbonyl (C=O) groups excluding carboxylic acids is 2. The number of H-pyrrole nitrogens is 1. The highest BCUT2D eigenvalue weighted by atomic mass is 16.2. The molecule has 1 aromatic carbocycles. The van der Waals surface area contributed by atoms with Gasteiger partial charge in [0.1, 0.15) is 5.69 Å². The van der Waals surface area contributed by atoms with Crippen LogP contribution in [0, 0.1) is 0 Å². The number of hydrogen-bond donors (Lipinski definition) is 4. The first-order valence-corrected chi connectivity index (χ1v) is 7.12. The zero-order valence-corrected chi connectivity index (χ0v) is 12.2. The summed E-state index contributed by atoms with van der Waals surface area (Å²) in [5.74, 6) is -0.848. The summed E-state index contributed by atoms with van der Waals surface area (Å²) < 4.78 is 0. The van der Waals surface area contributed by atoms with Crippen molar-refractivity contribution in [3.05, 3.63) is 59.4 Å². The molecule has 0 saturated carbocycles. The van der Waals surface area contributed by atoms with Crippen molar-refractivity contribution < 1.29 is 9.59 Å². The van der Waals surface area contributed by atoms with Crippen molar-refractivity contribution in [1.82, 2.24) is 10.3 Å². The molecular formula is C16H20N4O2. The van der Waals surface area contributed by atoms with E-state index in [-0.39, 0.29) is 17.5 Å². The fourth-order valence-electron chi connectivity index (χ4n) is 2.15. The second kappa shape index (κ2) is 7.42. The summed E-state index contributed by atoms with van der Waals surface area (Å²) >= 11 is 0. The van der Waals surface area contributed by atoms with Gasteiger partial charge in [0.15, 0.2) is 0 Å². The number of carbonyl (C=O) groups is 2. The van der Waals surface area contributed by atoms with Crippen LogP contribution in [0.25, 0.3) is 0 Å². The van der Waals surface area contributed by atoms with Gasteiger partial charge in [-0.15, -0.1) is 0 Å². The van der Waals surface area contributed by atoms with Gasteiger partial charge >= 0.3 is 0 Å². The van der Waals surface area contributed by atoms with Gasteiger partial charge < -0.3 is 21.8 Å². The summed E-state index contributed by atoms with van der Waals surface area (Å²) in [7, 11) is 0. The van der Waals surface area contributed by atoms with Gasteiger partial charge in [-0.2, -0.15) is 0 Å². The van der Waals surface area contributed by atoms with Crippen molar-refractivity contribution in [2.24, 2.45) is 11.5 Å². The lowest BCUT2D eigenvalue weighted by Gasteiger charge is -2.12. The van der Waals surface area contributed by atoms with Gasteiger partial charge in [0.25, 0.3) is 5.91 Å². The van der Waals surface area contributed by atoms with Crippen LogP contribution in [0.4, 0.5) is 0 Å². The van der Waals surface area contributed by atoms with Crippen molar-refractivity contribution in [3.63, 3.8) is 0 Å². The smallest absolute Gasteiger partial charge is 0.267 e. The molecule has 1 aromatic heterocycles. The Morgan fingerprint density at radius 1 is 1.23 bits per heavy atom. The third kappa shape index (κ3) is 4.46. The van der Waals surface area contributed by atoms with Crippen LogP contribution in [0.5, 0.6) is 0 Å². The van der Waals surface area contributed by atoms with Gasteiger partial charge in [0, 0.05) is 18.8 Å². The van der Waals surface area contributed by atoms with E-state index in [4.69, 9.17) is 11.5 Å². The molecule has 1 atom stereocenters.